The third kappa shape index (κ3) is 5.01. The Bertz CT molecular complexity index is 1320. The lowest BCUT2D eigenvalue weighted by Gasteiger charge is -2.08. The van der Waals surface area contributed by atoms with Crippen molar-refractivity contribution in [3.63, 3.8) is 0 Å². The van der Waals surface area contributed by atoms with Crippen LogP contribution in [-0.2, 0) is 16.6 Å². The van der Waals surface area contributed by atoms with Crippen LogP contribution in [0, 0.1) is 12.7 Å². The van der Waals surface area contributed by atoms with E-state index in [1.165, 1.54) is 13.0 Å². The second kappa shape index (κ2) is 8.36. The number of nitrogens with one attached hydrogen (secondary N) is 2. The van der Waals surface area contributed by atoms with Crippen LogP contribution in [0.15, 0.2) is 64.0 Å². The summed E-state index contributed by atoms with van der Waals surface area (Å²) < 4.78 is 48.0. The molecule has 2 N–H and O–H groups in total. The van der Waals surface area contributed by atoms with Gasteiger partial charge in [-0.15, -0.1) is 5.10 Å². The first kappa shape index (κ1) is 20.8. The molecule has 0 saturated heterocycles. The third-order valence-electron chi connectivity index (χ3n) is 4.14. The Morgan fingerprint density at radius 1 is 1.13 bits per heavy atom. The highest BCUT2D eigenvalue weighted by atomic mass is 35.5. The normalized spacial score (nSPS) is 11.5. The fraction of sp³-hybridized carbons (Fsp3) is 0.105. The van der Waals surface area contributed by atoms with Gasteiger partial charge in [-0.05, 0) is 35.9 Å². The van der Waals surface area contributed by atoms with Crippen LogP contribution in [-0.4, -0.2) is 28.4 Å². The van der Waals surface area contributed by atoms with Crippen molar-refractivity contribution in [1.82, 2.24) is 20.0 Å². The number of anilines is 3. The van der Waals surface area contributed by atoms with Crippen LogP contribution >= 0.6 is 11.6 Å². The Balaban J connectivity index is 1.46. The summed E-state index contributed by atoms with van der Waals surface area (Å²) in [5.41, 5.74) is 1.35. The highest BCUT2D eigenvalue weighted by Gasteiger charge is 2.22. The number of aryl methyl sites for hydroxylation is 1. The van der Waals surface area contributed by atoms with Crippen molar-refractivity contribution < 1.29 is 17.2 Å². The fourth-order valence-electron chi connectivity index (χ4n) is 2.75. The molecule has 0 spiro atoms. The second-order valence-electron chi connectivity index (χ2n) is 6.53. The summed E-state index contributed by atoms with van der Waals surface area (Å²) >= 11 is 5.89. The molecule has 0 aliphatic rings. The molecule has 160 valence electrons. The van der Waals surface area contributed by atoms with Crippen molar-refractivity contribution in [3.8, 4) is 0 Å². The predicted molar refractivity (Wildman–Crippen MR) is 112 cm³/mol. The second-order valence-corrected chi connectivity index (χ2v) is 8.61. The van der Waals surface area contributed by atoms with Gasteiger partial charge in [0.25, 0.3) is 10.0 Å². The van der Waals surface area contributed by atoms with Crippen LogP contribution in [0.1, 0.15) is 11.5 Å². The van der Waals surface area contributed by atoms with E-state index in [2.05, 4.69) is 20.6 Å². The van der Waals surface area contributed by atoms with E-state index in [1.54, 1.807) is 29.1 Å². The average molecular weight is 463 g/mol. The minimum absolute atomic E-state index is 0.174. The number of sulfonamides is 1. The Morgan fingerprint density at radius 3 is 2.58 bits per heavy atom. The van der Waals surface area contributed by atoms with Crippen molar-refractivity contribution in [1.29, 1.82) is 0 Å². The zero-order chi connectivity index (χ0) is 22.0. The van der Waals surface area contributed by atoms with Gasteiger partial charge < -0.3 is 9.73 Å². The average Bonchev–Trinajstić information content (AvgIpc) is 3.31. The molecule has 0 atom stereocenters. The molecule has 2 aromatic carbocycles. The predicted octanol–water partition coefficient (Wildman–Crippen LogP) is 3.96. The SMILES string of the molecule is Cc1nnc(NS(=O)(=O)c2ccc(Nc3ccn(Cc4ccc(Cl)cc4)n3)cc2F)o1. The summed E-state index contributed by atoms with van der Waals surface area (Å²) in [5.74, 6) is -0.300. The van der Waals surface area contributed by atoms with E-state index in [0.29, 0.717) is 23.1 Å². The molecule has 0 radical (unpaired) electrons. The van der Waals surface area contributed by atoms with Crippen LogP contribution in [0.25, 0.3) is 0 Å². The van der Waals surface area contributed by atoms with Gasteiger partial charge >= 0.3 is 6.01 Å². The monoisotopic (exact) mass is 462 g/mol. The van der Waals surface area contributed by atoms with E-state index in [4.69, 9.17) is 16.0 Å². The van der Waals surface area contributed by atoms with Gasteiger partial charge in [0, 0.05) is 29.9 Å². The molecule has 0 aliphatic carbocycles. The molecule has 31 heavy (non-hydrogen) atoms. The number of aromatic nitrogens is 4. The lowest BCUT2D eigenvalue weighted by Crippen LogP contribution is -2.15. The lowest BCUT2D eigenvalue weighted by atomic mass is 10.2. The van der Waals surface area contributed by atoms with Gasteiger partial charge in [0.1, 0.15) is 10.7 Å². The molecule has 0 saturated carbocycles. The molecule has 0 bridgehead atoms. The highest BCUT2D eigenvalue weighted by Crippen LogP contribution is 2.23. The molecule has 9 nitrogen and oxygen atoms in total. The van der Waals surface area contributed by atoms with Crippen LogP contribution in [0.2, 0.25) is 5.02 Å². The van der Waals surface area contributed by atoms with Gasteiger partial charge in [0.15, 0.2) is 5.82 Å². The summed E-state index contributed by atoms with van der Waals surface area (Å²) in [6.07, 6.45) is 1.77. The molecular weight excluding hydrogens is 447 g/mol. The zero-order valence-electron chi connectivity index (χ0n) is 16.1. The van der Waals surface area contributed by atoms with Crippen LogP contribution in [0.4, 0.5) is 21.9 Å². The highest BCUT2D eigenvalue weighted by molar-refractivity contribution is 7.92. The largest absolute Gasteiger partial charge is 0.408 e. The number of nitrogens with zero attached hydrogens (tertiary/aromatic N) is 4. The molecule has 2 heterocycles. The van der Waals surface area contributed by atoms with Crippen LogP contribution in [0.5, 0.6) is 0 Å². The minimum atomic E-state index is -4.23. The van der Waals surface area contributed by atoms with E-state index >= 15 is 0 Å². The smallest absolute Gasteiger partial charge is 0.329 e. The maximum absolute atomic E-state index is 14.5. The van der Waals surface area contributed by atoms with Crippen molar-refractivity contribution in [3.05, 3.63) is 77.0 Å². The van der Waals surface area contributed by atoms with E-state index in [1.807, 2.05) is 16.9 Å². The first-order chi connectivity index (χ1) is 14.8. The summed E-state index contributed by atoms with van der Waals surface area (Å²) in [5, 5.41) is 15.0. The first-order valence-electron chi connectivity index (χ1n) is 8.96. The Labute approximate surface area is 181 Å². The number of benzene rings is 2. The summed E-state index contributed by atoms with van der Waals surface area (Å²) in [6.45, 7) is 2.04. The molecule has 2 aromatic heterocycles. The summed E-state index contributed by atoms with van der Waals surface area (Å²) in [7, 11) is -4.23. The third-order valence-corrected chi connectivity index (χ3v) is 5.75. The summed E-state index contributed by atoms with van der Waals surface area (Å²) in [4.78, 5) is -0.554. The maximum atomic E-state index is 14.5. The van der Waals surface area contributed by atoms with E-state index < -0.39 is 20.7 Å². The van der Waals surface area contributed by atoms with Crippen molar-refractivity contribution in [2.45, 2.75) is 18.4 Å². The van der Waals surface area contributed by atoms with Gasteiger partial charge in [-0.1, -0.05) is 28.8 Å². The fourth-order valence-corrected chi connectivity index (χ4v) is 3.86. The molecule has 0 amide bonds. The van der Waals surface area contributed by atoms with Crippen molar-refractivity contribution in [2.24, 2.45) is 0 Å². The number of halogens is 2. The van der Waals surface area contributed by atoms with E-state index in [9.17, 15) is 12.8 Å². The van der Waals surface area contributed by atoms with Crippen molar-refractivity contribution >= 4 is 39.1 Å². The van der Waals surface area contributed by atoms with Crippen molar-refractivity contribution in [2.75, 3.05) is 10.0 Å². The maximum Gasteiger partial charge on any atom is 0.329 e. The Morgan fingerprint density at radius 2 is 1.90 bits per heavy atom. The van der Waals surface area contributed by atoms with Gasteiger partial charge in [-0.3, -0.25) is 4.68 Å². The molecule has 0 aliphatic heterocycles. The number of hydrogen-bond acceptors (Lipinski definition) is 7. The molecule has 4 aromatic rings. The topological polar surface area (TPSA) is 115 Å². The van der Waals surface area contributed by atoms with Gasteiger partial charge in [-0.2, -0.15) is 5.10 Å². The van der Waals surface area contributed by atoms with Gasteiger partial charge in [0.05, 0.1) is 6.54 Å². The van der Waals surface area contributed by atoms with Gasteiger partial charge in [0.2, 0.25) is 5.89 Å². The van der Waals surface area contributed by atoms with Crippen LogP contribution in [0.3, 0.4) is 0 Å². The van der Waals surface area contributed by atoms with Gasteiger partial charge in [-0.25, -0.2) is 17.5 Å². The molecular formula is C19H16ClFN6O3S. The molecule has 4 rings (SSSR count). The summed E-state index contributed by atoms with van der Waals surface area (Å²) in [6, 6.07) is 12.4. The van der Waals surface area contributed by atoms with E-state index in [-0.39, 0.29) is 11.9 Å². The Kier molecular flexibility index (Phi) is 5.61. The lowest BCUT2D eigenvalue weighted by molar-refractivity contribution is 0.533. The minimum Gasteiger partial charge on any atom is -0.408 e. The number of rotatable bonds is 7. The molecule has 0 fully saturated rings. The molecule has 0 unspecified atom stereocenters. The zero-order valence-corrected chi connectivity index (χ0v) is 17.7. The molecule has 12 heteroatoms. The van der Waals surface area contributed by atoms with Crippen LogP contribution < -0.4 is 10.0 Å². The number of hydrogen-bond donors (Lipinski definition) is 2. The van der Waals surface area contributed by atoms with E-state index in [0.717, 1.165) is 17.7 Å². The quantitative estimate of drug-likeness (QED) is 0.427. The first-order valence-corrected chi connectivity index (χ1v) is 10.8. The Hall–Kier alpha value is -3.44. The standard InChI is InChI=1S/C19H16ClFN6O3S/c1-12-23-24-19(30-12)26-31(28,29)17-7-6-15(10-16(17)21)22-18-8-9-27(25-18)11-13-2-4-14(20)5-3-13/h2-10H,11H2,1H3,(H,22,25)(H,24,26).